The summed E-state index contributed by atoms with van der Waals surface area (Å²) < 4.78 is 29.0. The number of nitrogens with zero attached hydrogens (tertiary/aromatic N) is 1. The molecule has 0 bridgehead atoms. The highest BCUT2D eigenvalue weighted by molar-refractivity contribution is 7.90. The maximum atomic E-state index is 12.5. The molecule has 3 rings (SSSR count). The molecule has 0 unspecified atom stereocenters. The van der Waals surface area contributed by atoms with Crippen LogP contribution in [0, 0.1) is 29.6 Å². The molecule has 0 aromatic heterocycles. The molecule has 2 aliphatic carbocycles. The Bertz CT molecular complexity index is 769. The van der Waals surface area contributed by atoms with Gasteiger partial charge in [0.15, 0.2) is 0 Å². The zero-order valence-corrected chi connectivity index (χ0v) is 15.8. The van der Waals surface area contributed by atoms with Gasteiger partial charge in [-0.05, 0) is 49.1 Å². The number of hydrogen-bond acceptors (Lipinski definition) is 2. The Morgan fingerprint density at radius 2 is 1.88 bits per heavy atom. The standard InChI is InChI=1S/C20H27NO2S/c1-15-7-9-16(10-8-15)24(22,23)21-14-20-12-5-6-17(20)18(20)11-13-19(2,3)4/h7-11,13-14,17-18H,5-6,12H2,1-4H3/b13-11+,21-14+/t17-,18-,20+/m0/s1. The predicted octanol–water partition coefficient (Wildman–Crippen LogP) is 4.77. The summed E-state index contributed by atoms with van der Waals surface area (Å²) in [6, 6.07) is 6.89. The van der Waals surface area contributed by atoms with Gasteiger partial charge in [0.1, 0.15) is 0 Å². The molecular weight excluding hydrogens is 318 g/mol. The van der Waals surface area contributed by atoms with Crippen LogP contribution in [0.1, 0.15) is 45.6 Å². The minimum Gasteiger partial charge on any atom is -0.199 e. The van der Waals surface area contributed by atoms with Crippen LogP contribution in [-0.4, -0.2) is 14.6 Å². The molecule has 2 aliphatic rings. The molecule has 3 atom stereocenters. The topological polar surface area (TPSA) is 46.5 Å². The van der Waals surface area contributed by atoms with Gasteiger partial charge in [0.05, 0.1) is 4.90 Å². The molecule has 3 nitrogen and oxygen atoms in total. The molecule has 130 valence electrons. The molecule has 0 heterocycles. The largest absolute Gasteiger partial charge is 0.281 e. The van der Waals surface area contributed by atoms with Crippen LogP contribution in [-0.2, 0) is 10.0 Å². The van der Waals surface area contributed by atoms with Gasteiger partial charge in [-0.25, -0.2) is 0 Å². The van der Waals surface area contributed by atoms with E-state index in [2.05, 4.69) is 37.3 Å². The molecule has 0 aliphatic heterocycles. The van der Waals surface area contributed by atoms with Crippen molar-refractivity contribution in [1.29, 1.82) is 0 Å². The molecule has 2 saturated carbocycles. The Hall–Kier alpha value is -1.42. The van der Waals surface area contributed by atoms with Crippen molar-refractivity contribution >= 4 is 16.2 Å². The maximum absolute atomic E-state index is 12.5. The van der Waals surface area contributed by atoms with Gasteiger partial charge in [-0.2, -0.15) is 12.8 Å². The molecule has 2 fully saturated rings. The third-order valence-corrected chi connectivity index (χ3v) is 6.57. The number of allylic oxidation sites excluding steroid dienone is 2. The van der Waals surface area contributed by atoms with Crippen molar-refractivity contribution in [2.24, 2.45) is 27.1 Å². The lowest BCUT2D eigenvalue weighted by Crippen LogP contribution is -2.07. The fourth-order valence-electron chi connectivity index (χ4n) is 3.89. The summed E-state index contributed by atoms with van der Waals surface area (Å²) in [5.74, 6) is 1.01. The Morgan fingerprint density at radius 1 is 1.21 bits per heavy atom. The first-order valence-corrected chi connectivity index (χ1v) is 10.2. The van der Waals surface area contributed by atoms with E-state index in [9.17, 15) is 8.42 Å². The minimum atomic E-state index is -3.60. The second kappa shape index (κ2) is 5.83. The number of sulfonamides is 1. The van der Waals surface area contributed by atoms with E-state index in [1.807, 2.05) is 19.1 Å². The fourth-order valence-corrected chi connectivity index (χ4v) is 4.83. The fraction of sp³-hybridized carbons (Fsp3) is 0.550. The van der Waals surface area contributed by atoms with Crippen molar-refractivity contribution in [3.05, 3.63) is 42.0 Å². The van der Waals surface area contributed by atoms with Crippen LogP contribution in [0.3, 0.4) is 0 Å². The average Bonchev–Trinajstić information content (AvgIpc) is 2.87. The molecule has 0 amide bonds. The Labute approximate surface area is 145 Å². The molecular formula is C20H27NO2S. The summed E-state index contributed by atoms with van der Waals surface area (Å²) in [5.41, 5.74) is 1.17. The van der Waals surface area contributed by atoms with Crippen molar-refractivity contribution in [1.82, 2.24) is 0 Å². The van der Waals surface area contributed by atoms with E-state index in [1.54, 1.807) is 18.3 Å². The summed E-state index contributed by atoms with van der Waals surface area (Å²) >= 11 is 0. The number of aryl methyl sites for hydroxylation is 1. The van der Waals surface area contributed by atoms with Crippen molar-refractivity contribution in [2.45, 2.75) is 51.9 Å². The average molecular weight is 346 g/mol. The van der Waals surface area contributed by atoms with Gasteiger partial charge in [-0.3, -0.25) is 0 Å². The number of fused-ring (bicyclic) bond motifs is 1. The predicted molar refractivity (Wildman–Crippen MR) is 98.7 cm³/mol. The van der Waals surface area contributed by atoms with Crippen molar-refractivity contribution in [3.8, 4) is 0 Å². The lowest BCUT2D eigenvalue weighted by Gasteiger charge is -2.12. The summed E-state index contributed by atoms with van der Waals surface area (Å²) in [6.07, 6.45) is 9.67. The van der Waals surface area contributed by atoms with E-state index < -0.39 is 10.0 Å². The lowest BCUT2D eigenvalue weighted by atomic mass is 9.93. The van der Waals surface area contributed by atoms with Crippen LogP contribution in [0.15, 0.2) is 45.7 Å². The second-order valence-electron chi connectivity index (χ2n) is 8.38. The molecule has 1 aromatic carbocycles. The summed E-state index contributed by atoms with van der Waals surface area (Å²) in [6.45, 7) is 8.50. The summed E-state index contributed by atoms with van der Waals surface area (Å²) in [5, 5.41) is 0. The molecule has 0 spiro atoms. The first-order valence-electron chi connectivity index (χ1n) is 8.72. The third kappa shape index (κ3) is 3.34. The van der Waals surface area contributed by atoms with Crippen LogP contribution >= 0.6 is 0 Å². The maximum Gasteiger partial charge on any atom is 0.281 e. The second-order valence-corrected chi connectivity index (χ2v) is 10.0. The first-order chi connectivity index (χ1) is 11.1. The van der Waals surface area contributed by atoms with E-state index in [1.165, 1.54) is 12.8 Å². The first kappa shape index (κ1) is 17.4. The van der Waals surface area contributed by atoms with E-state index in [0.29, 0.717) is 11.8 Å². The summed E-state index contributed by atoms with van der Waals surface area (Å²) in [7, 11) is -3.60. The van der Waals surface area contributed by atoms with E-state index in [4.69, 9.17) is 0 Å². The third-order valence-electron chi connectivity index (χ3n) is 5.31. The Kier molecular flexibility index (Phi) is 4.23. The van der Waals surface area contributed by atoms with Gasteiger partial charge < -0.3 is 0 Å². The molecule has 0 radical (unpaired) electrons. The molecule has 0 N–H and O–H groups in total. The van der Waals surface area contributed by atoms with E-state index >= 15 is 0 Å². The van der Waals surface area contributed by atoms with Crippen LogP contribution in [0.4, 0.5) is 0 Å². The van der Waals surface area contributed by atoms with E-state index in [0.717, 1.165) is 12.0 Å². The minimum absolute atomic E-state index is 0.0283. The zero-order chi connectivity index (χ0) is 17.6. The highest BCUT2D eigenvalue weighted by atomic mass is 32.2. The van der Waals surface area contributed by atoms with Crippen LogP contribution in [0.2, 0.25) is 0 Å². The normalized spacial score (nSPS) is 30.2. The van der Waals surface area contributed by atoms with Crippen LogP contribution in [0.5, 0.6) is 0 Å². The number of benzene rings is 1. The SMILES string of the molecule is Cc1ccc(S(=O)(=O)/N=C/[C@]23CCC[C@H]2[C@@H]3/C=C/C(C)(C)C)cc1. The lowest BCUT2D eigenvalue weighted by molar-refractivity contribution is 0.535. The quantitative estimate of drug-likeness (QED) is 0.583. The van der Waals surface area contributed by atoms with Crippen LogP contribution in [0.25, 0.3) is 0 Å². The molecule has 4 heteroatoms. The van der Waals surface area contributed by atoms with Crippen molar-refractivity contribution in [2.75, 3.05) is 0 Å². The molecule has 1 aromatic rings. The summed E-state index contributed by atoms with van der Waals surface area (Å²) in [4.78, 5) is 0.276. The number of hydrogen-bond donors (Lipinski definition) is 0. The van der Waals surface area contributed by atoms with Gasteiger partial charge >= 0.3 is 0 Å². The van der Waals surface area contributed by atoms with E-state index in [-0.39, 0.29) is 15.7 Å². The zero-order valence-electron chi connectivity index (χ0n) is 15.0. The Morgan fingerprint density at radius 3 is 2.50 bits per heavy atom. The van der Waals surface area contributed by atoms with Gasteiger partial charge in [0.25, 0.3) is 10.0 Å². The Balaban J connectivity index is 1.80. The highest BCUT2D eigenvalue weighted by Gasteiger charge is 2.64. The van der Waals surface area contributed by atoms with Crippen LogP contribution < -0.4 is 0 Å². The molecule has 24 heavy (non-hydrogen) atoms. The van der Waals surface area contributed by atoms with Gasteiger partial charge in [-0.15, -0.1) is 0 Å². The van der Waals surface area contributed by atoms with Crippen molar-refractivity contribution in [3.63, 3.8) is 0 Å². The van der Waals surface area contributed by atoms with Crippen molar-refractivity contribution < 1.29 is 8.42 Å². The van der Waals surface area contributed by atoms with Gasteiger partial charge in [0.2, 0.25) is 0 Å². The number of rotatable bonds is 4. The van der Waals surface area contributed by atoms with Gasteiger partial charge in [0, 0.05) is 11.6 Å². The van der Waals surface area contributed by atoms with Gasteiger partial charge in [-0.1, -0.05) is 57.0 Å². The molecule has 0 saturated heterocycles. The smallest absolute Gasteiger partial charge is 0.199 e. The highest BCUT2D eigenvalue weighted by Crippen LogP contribution is 2.68. The monoisotopic (exact) mass is 345 g/mol.